The lowest BCUT2D eigenvalue weighted by Crippen LogP contribution is -2.10. The lowest BCUT2D eigenvalue weighted by atomic mass is 10.2. The van der Waals surface area contributed by atoms with E-state index >= 15 is 0 Å². The molecule has 0 atom stereocenters. The van der Waals surface area contributed by atoms with Gasteiger partial charge in [-0.3, -0.25) is 9.59 Å². The molecular formula is C12H10Cl2N2O2. The maximum atomic E-state index is 11.7. The summed E-state index contributed by atoms with van der Waals surface area (Å²) in [6.45, 7) is 1.42. The van der Waals surface area contributed by atoms with Crippen molar-refractivity contribution in [2.75, 3.05) is 10.6 Å². The topological polar surface area (TPSA) is 58.2 Å². The number of hydrogen-bond donors (Lipinski definition) is 2. The molecule has 0 fully saturated rings. The van der Waals surface area contributed by atoms with E-state index in [1.165, 1.54) is 13.0 Å². The maximum Gasteiger partial charge on any atom is 0.230 e. The van der Waals surface area contributed by atoms with Crippen LogP contribution in [0.5, 0.6) is 0 Å². The van der Waals surface area contributed by atoms with E-state index in [-0.39, 0.29) is 18.1 Å². The van der Waals surface area contributed by atoms with E-state index in [9.17, 15) is 9.59 Å². The summed E-state index contributed by atoms with van der Waals surface area (Å²) in [5, 5.41) is 6.43. The number of rotatable bonds is 1. The van der Waals surface area contributed by atoms with Crippen LogP contribution in [-0.2, 0) is 9.59 Å². The first-order valence-corrected chi connectivity index (χ1v) is 5.98. The summed E-state index contributed by atoms with van der Waals surface area (Å²) in [6.07, 6.45) is 1.49. The van der Waals surface area contributed by atoms with E-state index < -0.39 is 0 Å². The summed E-state index contributed by atoms with van der Waals surface area (Å²) in [5.41, 5.74) is 1.68. The Morgan fingerprint density at radius 3 is 2.33 bits per heavy atom. The predicted octanol–water partition coefficient (Wildman–Crippen LogP) is 3.22. The average Bonchev–Trinajstić information content (AvgIpc) is 2.36. The number of carbonyl (C=O) groups excluding carboxylic acids is 2. The summed E-state index contributed by atoms with van der Waals surface area (Å²) in [5.74, 6) is -0.346. The van der Waals surface area contributed by atoms with Crippen LogP contribution in [0.4, 0.5) is 11.4 Å². The molecule has 0 radical (unpaired) electrons. The summed E-state index contributed by atoms with van der Waals surface area (Å²) in [7, 11) is 0. The van der Waals surface area contributed by atoms with Crippen molar-refractivity contribution in [2.24, 2.45) is 0 Å². The van der Waals surface area contributed by atoms with E-state index in [2.05, 4.69) is 10.6 Å². The highest BCUT2D eigenvalue weighted by Gasteiger charge is 2.17. The third-order valence-electron chi connectivity index (χ3n) is 2.36. The molecule has 4 nitrogen and oxygen atoms in total. The fourth-order valence-corrected chi connectivity index (χ4v) is 2.00. The molecule has 0 saturated heterocycles. The number of halogens is 2. The summed E-state index contributed by atoms with van der Waals surface area (Å²) in [6, 6.07) is 3.18. The first-order valence-electron chi connectivity index (χ1n) is 5.23. The van der Waals surface area contributed by atoms with Crippen molar-refractivity contribution in [3.63, 3.8) is 0 Å². The fraction of sp³-hybridized carbons (Fsp3) is 0.167. The highest BCUT2D eigenvalue weighted by atomic mass is 35.5. The van der Waals surface area contributed by atoms with Crippen molar-refractivity contribution in [2.45, 2.75) is 13.3 Å². The summed E-state index contributed by atoms with van der Waals surface area (Å²) in [4.78, 5) is 22.7. The number of allylic oxidation sites excluding steroid dienone is 1. The molecule has 2 N–H and O–H groups in total. The van der Waals surface area contributed by atoms with Gasteiger partial charge < -0.3 is 10.6 Å². The van der Waals surface area contributed by atoms with Gasteiger partial charge in [-0.2, -0.15) is 0 Å². The number of fused-ring (bicyclic) bond motifs is 1. The lowest BCUT2D eigenvalue weighted by Gasteiger charge is -2.10. The average molecular weight is 285 g/mol. The normalized spacial score (nSPS) is 16.6. The van der Waals surface area contributed by atoms with Crippen LogP contribution in [0.15, 0.2) is 23.9 Å². The molecule has 0 aliphatic carbocycles. The molecule has 6 heteroatoms. The molecule has 0 bridgehead atoms. The zero-order valence-corrected chi connectivity index (χ0v) is 11.0. The van der Waals surface area contributed by atoms with Gasteiger partial charge in [-0.1, -0.05) is 23.2 Å². The van der Waals surface area contributed by atoms with Crippen molar-refractivity contribution in [3.05, 3.63) is 34.0 Å². The van der Waals surface area contributed by atoms with Crippen molar-refractivity contribution in [1.82, 2.24) is 0 Å². The van der Waals surface area contributed by atoms with E-state index in [1.54, 1.807) is 12.1 Å². The lowest BCUT2D eigenvalue weighted by molar-refractivity contribution is -0.115. The van der Waals surface area contributed by atoms with Crippen LogP contribution in [0.3, 0.4) is 0 Å². The Morgan fingerprint density at radius 2 is 1.78 bits per heavy atom. The van der Waals surface area contributed by atoms with Crippen LogP contribution in [0.2, 0.25) is 10.0 Å². The molecule has 0 aromatic heterocycles. The van der Waals surface area contributed by atoms with Crippen LogP contribution in [0, 0.1) is 0 Å². The third kappa shape index (κ3) is 2.83. The van der Waals surface area contributed by atoms with E-state index in [4.69, 9.17) is 23.2 Å². The monoisotopic (exact) mass is 284 g/mol. The molecule has 1 amide bonds. The Hall–Kier alpha value is -1.52. The summed E-state index contributed by atoms with van der Waals surface area (Å²) >= 11 is 11.8. The van der Waals surface area contributed by atoms with E-state index in [0.29, 0.717) is 27.1 Å². The minimum Gasteiger partial charge on any atom is -0.357 e. The molecule has 1 aromatic carbocycles. The zero-order valence-electron chi connectivity index (χ0n) is 9.51. The second kappa shape index (κ2) is 5.00. The van der Waals surface area contributed by atoms with Gasteiger partial charge in [-0.25, -0.2) is 0 Å². The molecule has 1 aromatic rings. The zero-order chi connectivity index (χ0) is 13.3. The van der Waals surface area contributed by atoms with Crippen molar-refractivity contribution < 1.29 is 9.59 Å². The van der Waals surface area contributed by atoms with Gasteiger partial charge in [0.15, 0.2) is 5.78 Å². The van der Waals surface area contributed by atoms with Gasteiger partial charge in [0.2, 0.25) is 5.91 Å². The Balaban J connectivity index is 2.46. The minimum atomic E-state index is -0.216. The SMILES string of the molecule is CC(=O)/C=C1/CC(=O)Nc2cc(Cl)c(Cl)cc2N1. The number of amides is 1. The van der Waals surface area contributed by atoms with E-state index in [1.807, 2.05) is 0 Å². The molecule has 0 saturated carbocycles. The van der Waals surface area contributed by atoms with Crippen molar-refractivity contribution in [3.8, 4) is 0 Å². The molecular weight excluding hydrogens is 275 g/mol. The molecule has 2 rings (SSSR count). The first-order chi connectivity index (χ1) is 8.45. The second-order valence-corrected chi connectivity index (χ2v) is 4.76. The van der Waals surface area contributed by atoms with Gasteiger partial charge in [0, 0.05) is 11.8 Å². The Morgan fingerprint density at radius 1 is 1.22 bits per heavy atom. The minimum absolute atomic E-state index is 0.101. The Kier molecular flexibility index (Phi) is 3.59. The van der Waals surface area contributed by atoms with Crippen LogP contribution in [0.1, 0.15) is 13.3 Å². The Bertz CT molecular complexity index is 567. The first kappa shape index (κ1) is 12.9. The van der Waals surface area contributed by atoms with Crippen molar-refractivity contribution in [1.29, 1.82) is 0 Å². The van der Waals surface area contributed by atoms with Gasteiger partial charge in [-0.05, 0) is 19.1 Å². The van der Waals surface area contributed by atoms with Gasteiger partial charge in [0.1, 0.15) is 0 Å². The predicted molar refractivity (Wildman–Crippen MR) is 72.1 cm³/mol. The number of anilines is 2. The smallest absolute Gasteiger partial charge is 0.230 e. The van der Waals surface area contributed by atoms with Crippen LogP contribution in [0.25, 0.3) is 0 Å². The number of benzene rings is 1. The van der Waals surface area contributed by atoms with E-state index in [0.717, 1.165) is 0 Å². The number of hydrogen-bond acceptors (Lipinski definition) is 3. The number of nitrogens with one attached hydrogen (secondary N) is 2. The van der Waals surface area contributed by atoms with Gasteiger partial charge in [0.05, 0.1) is 27.8 Å². The van der Waals surface area contributed by atoms with Crippen molar-refractivity contribution >= 4 is 46.3 Å². The molecule has 0 spiro atoms. The second-order valence-electron chi connectivity index (χ2n) is 3.94. The number of carbonyl (C=O) groups is 2. The molecule has 94 valence electrons. The third-order valence-corrected chi connectivity index (χ3v) is 3.08. The van der Waals surface area contributed by atoms with Gasteiger partial charge >= 0.3 is 0 Å². The molecule has 1 heterocycles. The number of ketones is 1. The highest BCUT2D eigenvalue weighted by molar-refractivity contribution is 6.42. The molecule has 0 unspecified atom stereocenters. The highest BCUT2D eigenvalue weighted by Crippen LogP contribution is 2.35. The van der Waals surface area contributed by atoms with Gasteiger partial charge in [0.25, 0.3) is 0 Å². The maximum absolute atomic E-state index is 11.7. The molecule has 1 aliphatic rings. The Labute approximate surface area is 114 Å². The van der Waals surface area contributed by atoms with Gasteiger partial charge in [-0.15, -0.1) is 0 Å². The largest absolute Gasteiger partial charge is 0.357 e. The molecule has 1 aliphatic heterocycles. The van der Waals surface area contributed by atoms with Crippen LogP contribution in [-0.4, -0.2) is 11.7 Å². The summed E-state index contributed by atoms with van der Waals surface area (Å²) < 4.78 is 0. The standard InChI is InChI=1S/C12H10Cl2N2O2/c1-6(17)2-7-3-12(18)16-11-5-9(14)8(13)4-10(11)15-7/h2,4-5,15H,3H2,1H3,(H,16,18)/b7-2-. The molecule has 18 heavy (non-hydrogen) atoms. The van der Waals surface area contributed by atoms with Crippen LogP contribution < -0.4 is 10.6 Å². The quantitative estimate of drug-likeness (QED) is 0.779. The van der Waals surface area contributed by atoms with Crippen LogP contribution >= 0.6 is 23.2 Å². The fourth-order valence-electron chi connectivity index (χ4n) is 1.67.